The molecule has 4 heteroatoms. The molecule has 0 aliphatic carbocycles. The lowest BCUT2D eigenvalue weighted by Crippen LogP contribution is -2.37. The third-order valence-electron chi connectivity index (χ3n) is 4.32. The maximum Gasteiger partial charge on any atom is 0.162 e. The molecule has 2 aromatic rings. The highest BCUT2D eigenvalue weighted by molar-refractivity contribution is 5.40. The molecule has 0 radical (unpaired) electrons. The van der Waals surface area contributed by atoms with Crippen molar-refractivity contribution < 1.29 is 14.2 Å². The summed E-state index contributed by atoms with van der Waals surface area (Å²) in [5, 5.41) is 0. The van der Waals surface area contributed by atoms with Gasteiger partial charge in [-0.1, -0.05) is 42.5 Å². The molecule has 3 rings (SSSR count). The highest BCUT2D eigenvalue weighted by atomic mass is 16.5. The van der Waals surface area contributed by atoms with E-state index in [1.807, 2.05) is 30.3 Å². The van der Waals surface area contributed by atoms with Gasteiger partial charge in [-0.15, -0.1) is 0 Å². The molecule has 0 amide bonds. The Morgan fingerprint density at radius 2 is 1.62 bits per heavy atom. The first kappa shape index (κ1) is 16.8. The SMILES string of the molecule is COc1ccccc1OC(CCN1CCOCC1)c1ccccc1. The third kappa shape index (κ3) is 4.49. The van der Waals surface area contributed by atoms with Crippen molar-refractivity contribution in [3.05, 3.63) is 60.2 Å². The lowest BCUT2D eigenvalue weighted by atomic mass is 10.1. The van der Waals surface area contributed by atoms with E-state index < -0.39 is 0 Å². The monoisotopic (exact) mass is 327 g/mol. The topological polar surface area (TPSA) is 30.9 Å². The lowest BCUT2D eigenvalue weighted by molar-refractivity contribution is 0.0316. The molecule has 24 heavy (non-hydrogen) atoms. The minimum atomic E-state index is 0.00495. The van der Waals surface area contributed by atoms with Crippen molar-refractivity contribution in [2.75, 3.05) is 40.0 Å². The molecule has 128 valence electrons. The molecule has 2 aromatic carbocycles. The van der Waals surface area contributed by atoms with Gasteiger partial charge >= 0.3 is 0 Å². The molecule has 0 aromatic heterocycles. The number of morpholine rings is 1. The highest BCUT2D eigenvalue weighted by Gasteiger charge is 2.18. The summed E-state index contributed by atoms with van der Waals surface area (Å²) in [6, 6.07) is 18.2. The number of rotatable bonds is 7. The van der Waals surface area contributed by atoms with Crippen LogP contribution in [0.15, 0.2) is 54.6 Å². The van der Waals surface area contributed by atoms with Crippen molar-refractivity contribution in [2.24, 2.45) is 0 Å². The molecule has 1 unspecified atom stereocenters. The van der Waals surface area contributed by atoms with Gasteiger partial charge in [0.15, 0.2) is 11.5 Å². The Morgan fingerprint density at radius 1 is 0.958 bits per heavy atom. The van der Waals surface area contributed by atoms with Gasteiger partial charge in [0.05, 0.1) is 20.3 Å². The second kappa shape index (κ2) is 8.71. The number of hydrogen-bond donors (Lipinski definition) is 0. The molecule has 0 N–H and O–H groups in total. The minimum absolute atomic E-state index is 0.00495. The third-order valence-corrected chi connectivity index (χ3v) is 4.32. The van der Waals surface area contributed by atoms with E-state index in [-0.39, 0.29) is 6.10 Å². The fourth-order valence-electron chi connectivity index (χ4n) is 2.96. The molecule has 1 aliphatic heterocycles. The van der Waals surface area contributed by atoms with Crippen LogP contribution in [0.4, 0.5) is 0 Å². The van der Waals surface area contributed by atoms with Crippen molar-refractivity contribution in [3.8, 4) is 11.5 Å². The number of methoxy groups -OCH3 is 1. The van der Waals surface area contributed by atoms with E-state index in [0.29, 0.717) is 0 Å². The van der Waals surface area contributed by atoms with Gasteiger partial charge in [-0.25, -0.2) is 0 Å². The van der Waals surface area contributed by atoms with Gasteiger partial charge in [0.2, 0.25) is 0 Å². The summed E-state index contributed by atoms with van der Waals surface area (Å²) in [4.78, 5) is 2.44. The smallest absolute Gasteiger partial charge is 0.162 e. The van der Waals surface area contributed by atoms with Crippen LogP contribution in [-0.2, 0) is 4.74 Å². The van der Waals surface area contributed by atoms with Crippen LogP contribution in [0.5, 0.6) is 11.5 Å². The first-order valence-electron chi connectivity index (χ1n) is 8.51. The Hall–Kier alpha value is -2.04. The maximum atomic E-state index is 6.33. The number of benzene rings is 2. The zero-order valence-corrected chi connectivity index (χ0v) is 14.2. The molecular formula is C20H25NO3. The largest absolute Gasteiger partial charge is 0.493 e. The molecule has 1 fully saturated rings. The summed E-state index contributed by atoms with van der Waals surface area (Å²) >= 11 is 0. The Morgan fingerprint density at radius 3 is 2.33 bits per heavy atom. The van der Waals surface area contributed by atoms with Crippen molar-refractivity contribution in [2.45, 2.75) is 12.5 Å². The molecular weight excluding hydrogens is 302 g/mol. The number of para-hydroxylation sites is 2. The average Bonchev–Trinajstić information content (AvgIpc) is 2.67. The summed E-state index contributed by atoms with van der Waals surface area (Å²) in [7, 11) is 1.67. The van der Waals surface area contributed by atoms with Crippen LogP contribution in [0.2, 0.25) is 0 Å². The van der Waals surface area contributed by atoms with Crippen LogP contribution in [0.3, 0.4) is 0 Å². The summed E-state index contributed by atoms with van der Waals surface area (Å²) in [5.74, 6) is 1.56. The fourth-order valence-corrected chi connectivity index (χ4v) is 2.96. The predicted molar refractivity (Wildman–Crippen MR) is 94.7 cm³/mol. The fraction of sp³-hybridized carbons (Fsp3) is 0.400. The Bertz CT molecular complexity index is 611. The van der Waals surface area contributed by atoms with Crippen LogP contribution in [0.25, 0.3) is 0 Å². The van der Waals surface area contributed by atoms with E-state index in [2.05, 4.69) is 29.2 Å². The van der Waals surface area contributed by atoms with Crippen LogP contribution in [0, 0.1) is 0 Å². The summed E-state index contributed by atoms with van der Waals surface area (Å²) < 4.78 is 17.2. The van der Waals surface area contributed by atoms with Gasteiger partial charge in [-0.05, 0) is 17.7 Å². The Balaban J connectivity index is 1.72. The number of nitrogens with zero attached hydrogens (tertiary/aromatic N) is 1. The maximum absolute atomic E-state index is 6.33. The second-order valence-electron chi connectivity index (χ2n) is 5.91. The van der Waals surface area contributed by atoms with E-state index in [0.717, 1.165) is 50.8 Å². The van der Waals surface area contributed by atoms with Crippen molar-refractivity contribution in [1.82, 2.24) is 4.90 Å². The Kier molecular flexibility index (Phi) is 6.10. The molecule has 1 heterocycles. The van der Waals surface area contributed by atoms with Crippen molar-refractivity contribution in [3.63, 3.8) is 0 Å². The van der Waals surface area contributed by atoms with Gasteiger partial charge in [0.1, 0.15) is 6.10 Å². The molecule has 1 saturated heterocycles. The van der Waals surface area contributed by atoms with Crippen LogP contribution in [-0.4, -0.2) is 44.9 Å². The van der Waals surface area contributed by atoms with Crippen molar-refractivity contribution >= 4 is 0 Å². The molecule has 1 aliphatic rings. The zero-order valence-electron chi connectivity index (χ0n) is 14.2. The van der Waals surface area contributed by atoms with Crippen molar-refractivity contribution in [1.29, 1.82) is 0 Å². The number of ether oxygens (including phenoxy) is 3. The second-order valence-corrected chi connectivity index (χ2v) is 5.91. The summed E-state index contributed by atoms with van der Waals surface area (Å²) in [6.07, 6.45) is 0.938. The van der Waals surface area contributed by atoms with E-state index in [9.17, 15) is 0 Å². The predicted octanol–water partition coefficient (Wildman–Crippen LogP) is 3.54. The number of hydrogen-bond acceptors (Lipinski definition) is 4. The summed E-state index contributed by atoms with van der Waals surface area (Å²) in [6.45, 7) is 4.64. The van der Waals surface area contributed by atoms with E-state index in [1.165, 1.54) is 5.56 Å². The van der Waals surface area contributed by atoms with Crippen LogP contribution in [0.1, 0.15) is 18.1 Å². The van der Waals surface area contributed by atoms with Crippen LogP contribution >= 0.6 is 0 Å². The molecule has 0 spiro atoms. The first-order chi connectivity index (χ1) is 11.9. The quantitative estimate of drug-likeness (QED) is 0.778. The van der Waals surface area contributed by atoms with E-state index >= 15 is 0 Å². The Labute approximate surface area is 144 Å². The average molecular weight is 327 g/mol. The van der Waals surface area contributed by atoms with E-state index in [4.69, 9.17) is 14.2 Å². The zero-order chi connectivity index (χ0) is 16.6. The molecule has 4 nitrogen and oxygen atoms in total. The molecule has 0 saturated carbocycles. The highest BCUT2D eigenvalue weighted by Crippen LogP contribution is 2.32. The summed E-state index contributed by atoms with van der Waals surface area (Å²) in [5.41, 5.74) is 1.19. The molecule has 1 atom stereocenters. The van der Waals surface area contributed by atoms with Gasteiger partial charge in [0, 0.05) is 26.1 Å². The minimum Gasteiger partial charge on any atom is -0.493 e. The lowest BCUT2D eigenvalue weighted by Gasteiger charge is -2.29. The first-order valence-corrected chi connectivity index (χ1v) is 8.51. The van der Waals surface area contributed by atoms with Gasteiger partial charge < -0.3 is 14.2 Å². The standard InChI is InChI=1S/C20H25NO3/c1-22-19-9-5-6-10-20(19)24-18(17-7-3-2-4-8-17)11-12-21-13-15-23-16-14-21/h2-10,18H,11-16H2,1H3. The van der Waals surface area contributed by atoms with Gasteiger partial charge in [-0.2, -0.15) is 0 Å². The van der Waals surface area contributed by atoms with Crippen LogP contribution < -0.4 is 9.47 Å². The molecule has 0 bridgehead atoms. The van der Waals surface area contributed by atoms with E-state index in [1.54, 1.807) is 7.11 Å². The van der Waals surface area contributed by atoms with Gasteiger partial charge in [-0.3, -0.25) is 4.90 Å². The normalized spacial score (nSPS) is 16.5. The van der Waals surface area contributed by atoms with Gasteiger partial charge in [0.25, 0.3) is 0 Å².